The van der Waals surface area contributed by atoms with Crippen LogP contribution in [0.2, 0.25) is 5.02 Å². The SMILES string of the molecule is COc1cc(C(=O)NCCc2cccc(Cl)c2)c([N+](=O)[O-])cc1OC. The molecule has 0 aliphatic rings. The minimum Gasteiger partial charge on any atom is -0.493 e. The minimum atomic E-state index is -0.631. The number of amides is 1. The van der Waals surface area contributed by atoms with Crippen molar-refractivity contribution in [3.8, 4) is 11.5 Å². The molecule has 7 nitrogen and oxygen atoms in total. The lowest BCUT2D eigenvalue weighted by molar-refractivity contribution is -0.385. The average molecular weight is 365 g/mol. The van der Waals surface area contributed by atoms with Crippen LogP contribution in [-0.4, -0.2) is 31.6 Å². The summed E-state index contributed by atoms with van der Waals surface area (Å²) in [6.45, 7) is 0.310. The van der Waals surface area contributed by atoms with Crippen molar-refractivity contribution in [2.24, 2.45) is 0 Å². The van der Waals surface area contributed by atoms with Gasteiger partial charge in [0.25, 0.3) is 11.6 Å². The van der Waals surface area contributed by atoms with E-state index in [1.807, 2.05) is 12.1 Å². The minimum absolute atomic E-state index is 0.0891. The van der Waals surface area contributed by atoms with E-state index >= 15 is 0 Å². The van der Waals surface area contributed by atoms with Crippen molar-refractivity contribution in [3.63, 3.8) is 0 Å². The van der Waals surface area contributed by atoms with E-state index in [9.17, 15) is 14.9 Å². The summed E-state index contributed by atoms with van der Waals surface area (Å²) in [5.41, 5.74) is 0.515. The fourth-order valence-corrected chi connectivity index (χ4v) is 2.52. The molecule has 1 N–H and O–H groups in total. The van der Waals surface area contributed by atoms with Crippen LogP contribution in [0.15, 0.2) is 36.4 Å². The van der Waals surface area contributed by atoms with Crippen molar-refractivity contribution in [1.29, 1.82) is 0 Å². The summed E-state index contributed by atoms with van der Waals surface area (Å²) >= 11 is 5.91. The first-order valence-corrected chi connectivity index (χ1v) is 7.77. The van der Waals surface area contributed by atoms with Crippen LogP contribution in [0, 0.1) is 10.1 Å². The molecule has 0 saturated heterocycles. The predicted octanol–water partition coefficient (Wildman–Crippen LogP) is 3.24. The Hall–Kier alpha value is -2.80. The summed E-state index contributed by atoms with van der Waals surface area (Å²) in [4.78, 5) is 23.0. The van der Waals surface area contributed by atoms with E-state index in [4.69, 9.17) is 21.1 Å². The number of halogens is 1. The van der Waals surface area contributed by atoms with Gasteiger partial charge in [0, 0.05) is 17.6 Å². The standard InChI is InChI=1S/C17H17ClN2O5/c1-24-15-9-13(14(20(22)23)10-16(15)25-2)17(21)19-7-6-11-4-3-5-12(18)8-11/h3-5,8-10H,6-7H2,1-2H3,(H,19,21). The zero-order valence-corrected chi connectivity index (χ0v) is 14.5. The first-order valence-electron chi connectivity index (χ1n) is 7.39. The quantitative estimate of drug-likeness (QED) is 0.601. The third kappa shape index (κ3) is 4.60. The maximum atomic E-state index is 12.4. The third-order valence-corrected chi connectivity index (χ3v) is 3.77. The lowest BCUT2D eigenvalue weighted by Crippen LogP contribution is -2.26. The molecule has 2 aromatic rings. The number of nitro groups is 1. The van der Waals surface area contributed by atoms with Gasteiger partial charge in [0.15, 0.2) is 11.5 Å². The first kappa shape index (κ1) is 18.5. The summed E-state index contributed by atoms with van der Waals surface area (Å²) in [5.74, 6) is -0.132. The highest BCUT2D eigenvalue weighted by atomic mass is 35.5. The number of carbonyl (C=O) groups is 1. The molecule has 0 spiro atoms. The van der Waals surface area contributed by atoms with Gasteiger partial charge in [0.05, 0.1) is 25.2 Å². The molecule has 0 aromatic heterocycles. The highest BCUT2D eigenvalue weighted by Gasteiger charge is 2.24. The molecule has 2 rings (SSSR count). The van der Waals surface area contributed by atoms with E-state index in [0.29, 0.717) is 18.0 Å². The molecule has 0 fully saturated rings. The molecule has 132 valence electrons. The maximum Gasteiger partial charge on any atom is 0.286 e. The lowest BCUT2D eigenvalue weighted by Gasteiger charge is -2.11. The number of hydrogen-bond donors (Lipinski definition) is 1. The number of carbonyl (C=O) groups excluding carboxylic acids is 1. The monoisotopic (exact) mass is 364 g/mol. The second-order valence-corrected chi connectivity index (χ2v) is 5.55. The first-order chi connectivity index (χ1) is 12.0. The normalized spacial score (nSPS) is 10.2. The van der Waals surface area contributed by atoms with Crippen molar-refractivity contribution in [2.45, 2.75) is 6.42 Å². The molecule has 0 atom stereocenters. The van der Waals surface area contributed by atoms with Gasteiger partial charge < -0.3 is 14.8 Å². The lowest BCUT2D eigenvalue weighted by atomic mass is 10.1. The molecule has 0 aliphatic carbocycles. The smallest absolute Gasteiger partial charge is 0.286 e. The van der Waals surface area contributed by atoms with E-state index in [2.05, 4.69) is 5.32 Å². The van der Waals surface area contributed by atoms with Crippen LogP contribution in [0.3, 0.4) is 0 Å². The topological polar surface area (TPSA) is 90.7 Å². The third-order valence-electron chi connectivity index (χ3n) is 3.53. The van der Waals surface area contributed by atoms with Gasteiger partial charge in [-0.05, 0) is 24.1 Å². The number of rotatable bonds is 7. The molecule has 0 saturated carbocycles. The molecule has 2 aromatic carbocycles. The predicted molar refractivity (Wildman–Crippen MR) is 93.7 cm³/mol. The van der Waals surface area contributed by atoms with Gasteiger partial charge in [0.2, 0.25) is 0 Å². The molecule has 0 heterocycles. The van der Waals surface area contributed by atoms with Crippen LogP contribution in [0.1, 0.15) is 15.9 Å². The summed E-state index contributed by atoms with van der Waals surface area (Å²) in [6, 6.07) is 9.73. The molecule has 25 heavy (non-hydrogen) atoms. The molecule has 0 aliphatic heterocycles. The fraction of sp³-hybridized carbons (Fsp3) is 0.235. The van der Waals surface area contributed by atoms with E-state index in [0.717, 1.165) is 5.56 Å². The Morgan fingerprint density at radius 3 is 2.48 bits per heavy atom. The van der Waals surface area contributed by atoms with E-state index in [1.165, 1.54) is 26.4 Å². The van der Waals surface area contributed by atoms with Gasteiger partial charge in [0.1, 0.15) is 5.56 Å². The Labute approximate surface area is 149 Å². The van der Waals surface area contributed by atoms with Crippen molar-refractivity contribution in [3.05, 3.63) is 62.7 Å². The van der Waals surface area contributed by atoms with Crippen molar-refractivity contribution in [2.75, 3.05) is 20.8 Å². The number of hydrogen-bond acceptors (Lipinski definition) is 5. The van der Waals surface area contributed by atoms with Crippen LogP contribution >= 0.6 is 11.6 Å². The Morgan fingerprint density at radius 1 is 1.20 bits per heavy atom. The molecule has 8 heteroatoms. The van der Waals surface area contributed by atoms with Gasteiger partial charge in [-0.25, -0.2) is 0 Å². The van der Waals surface area contributed by atoms with Crippen LogP contribution < -0.4 is 14.8 Å². The average Bonchev–Trinajstić information content (AvgIpc) is 2.60. The fourth-order valence-electron chi connectivity index (χ4n) is 2.31. The van der Waals surface area contributed by atoms with Crippen LogP contribution in [-0.2, 0) is 6.42 Å². The zero-order valence-electron chi connectivity index (χ0n) is 13.7. The highest BCUT2D eigenvalue weighted by Crippen LogP contribution is 2.34. The Balaban J connectivity index is 2.16. The summed E-state index contributed by atoms with van der Waals surface area (Å²) < 4.78 is 10.1. The van der Waals surface area contributed by atoms with Crippen molar-refractivity contribution >= 4 is 23.2 Å². The van der Waals surface area contributed by atoms with E-state index in [-0.39, 0.29) is 22.7 Å². The number of nitrogens with zero attached hydrogens (tertiary/aromatic N) is 1. The highest BCUT2D eigenvalue weighted by molar-refractivity contribution is 6.30. The molecule has 0 unspecified atom stereocenters. The van der Waals surface area contributed by atoms with Gasteiger partial charge in [-0.1, -0.05) is 23.7 Å². The van der Waals surface area contributed by atoms with Crippen LogP contribution in [0.4, 0.5) is 5.69 Å². The van der Waals surface area contributed by atoms with Crippen LogP contribution in [0.5, 0.6) is 11.5 Å². The Kier molecular flexibility index (Phi) is 6.19. The molecule has 0 bridgehead atoms. The summed E-state index contributed by atoms with van der Waals surface area (Å²) in [5, 5.41) is 14.5. The Bertz CT molecular complexity index is 795. The second kappa shape index (κ2) is 8.34. The summed E-state index contributed by atoms with van der Waals surface area (Å²) in [7, 11) is 2.76. The van der Waals surface area contributed by atoms with Crippen molar-refractivity contribution in [1.82, 2.24) is 5.32 Å². The molecular weight excluding hydrogens is 348 g/mol. The maximum absolute atomic E-state index is 12.4. The Morgan fingerprint density at radius 2 is 1.88 bits per heavy atom. The zero-order chi connectivity index (χ0) is 18.4. The number of nitrogens with one attached hydrogen (secondary N) is 1. The largest absolute Gasteiger partial charge is 0.493 e. The second-order valence-electron chi connectivity index (χ2n) is 5.12. The van der Waals surface area contributed by atoms with E-state index < -0.39 is 10.8 Å². The van der Waals surface area contributed by atoms with Gasteiger partial charge in [-0.3, -0.25) is 14.9 Å². The van der Waals surface area contributed by atoms with Gasteiger partial charge in [-0.2, -0.15) is 0 Å². The van der Waals surface area contributed by atoms with E-state index in [1.54, 1.807) is 12.1 Å². The number of ether oxygens (including phenoxy) is 2. The number of methoxy groups -OCH3 is 2. The molecular formula is C17H17ClN2O5. The molecule has 0 radical (unpaired) electrons. The number of benzene rings is 2. The number of nitro benzene ring substituents is 1. The summed E-state index contributed by atoms with van der Waals surface area (Å²) in [6.07, 6.45) is 0.549. The molecule has 1 amide bonds. The van der Waals surface area contributed by atoms with Gasteiger partial charge >= 0.3 is 0 Å². The van der Waals surface area contributed by atoms with Gasteiger partial charge in [-0.15, -0.1) is 0 Å². The van der Waals surface area contributed by atoms with Crippen molar-refractivity contribution < 1.29 is 19.2 Å². The van der Waals surface area contributed by atoms with Crippen LogP contribution in [0.25, 0.3) is 0 Å².